The standard InChI is InChI=1S/C21H26N4O3S/c26-21-8-5-17-14-18(6-7-19(17)24-21)29(27,28)23-15-16-9-10-22-20(13-16)25-11-3-1-2-4-12-25/h6-7,9-10,13-14,23H,1-5,8,11-12,15H2,(H,24,26). The molecule has 0 atom stereocenters. The molecule has 0 unspecified atom stereocenters. The minimum Gasteiger partial charge on any atom is -0.357 e. The second-order valence-corrected chi connectivity index (χ2v) is 9.38. The Hall–Kier alpha value is -2.45. The van der Waals surface area contributed by atoms with Gasteiger partial charge in [-0.1, -0.05) is 12.8 Å². The van der Waals surface area contributed by atoms with Crippen LogP contribution in [0.25, 0.3) is 0 Å². The van der Waals surface area contributed by atoms with Crippen LogP contribution in [0, 0.1) is 0 Å². The van der Waals surface area contributed by atoms with Crippen molar-refractivity contribution in [3.05, 3.63) is 47.7 Å². The van der Waals surface area contributed by atoms with Gasteiger partial charge in [0, 0.05) is 37.9 Å². The number of nitrogens with zero attached hydrogens (tertiary/aromatic N) is 2. The number of fused-ring (bicyclic) bond motifs is 1. The number of carbonyl (C=O) groups excluding carboxylic acids is 1. The summed E-state index contributed by atoms with van der Waals surface area (Å²) in [6.45, 7) is 2.20. The number of sulfonamides is 1. The lowest BCUT2D eigenvalue weighted by molar-refractivity contribution is -0.116. The molecule has 2 aliphatic rings. The fraction of sp³-hybridized carbons (Fsp3) is 0.429. The molecule has 29 heavy (non-hydrogen) atoms. The van der Waals surface area contributed by atoms with Crippen LogP contribution in [0.2, 0.25) is 0 Å². The molecule has 2 aromatic rings. The van der Waals surface area contributed by atoms with Crippen molar-refractivity contribution in [1.82, 2.24) is 9.71 Å². The summed E-state index contributed by atoms with van der Waals surface area (Å²) in [4.78, 5) is 18.5. The summed E-state index contributed by atoms with van der Waals surface area (Å²) >= 11 is 0. The molecule has 1 fully saturated rings. The van der Waals surface area contributed by atoms with Gasteiger partial charge in [-0.2, -0.15) is 0 Å². The number of amides is 1. The third-order valence-electron chi connectivity index (χ3n) is 5.49. The number of hydrogen-bond donors (Lipinski definition) is 2. The highest BCUT2D eigenvalue weighted by atomic mass is 32.2. The Balaban J connectivity index is 1.45. The monoisotopic (exact) mass is 414 g/mol. The molecule has 1 aromatic heterocycles. The van der Waals surface area contributed by atoms with Crippen LogP contribution in [0.4, 0.5) is 11.5 Å². The van der Waals surface area contributed by atoms with Crippen LogP contribution >= 0.6 is 0 Å². The van der Waals surface area contributed by atoms with Crippen molar-refractivity contribution in [3.8, 4) is 0 Å². The van der Waals surface area contributed by atoms with Crippen LogP contribution in [0.3, 0.4) is 0 Å². The Kier molecular flexibility index (Phi) is 5.82. The highest BCUT2D eigenvalue weighted by Crippen LogP contribution is 2.25. The third-order valence-corrected chi connectivity index (χ3v) is 6.89. The maximum atomic E-state index is 12.8. The van der Waals surface area contributed by atoms with Gasteiger partial charge in [0.05, 0.1) is 4.90 Å². The van der Waals surface area contributed by atoms with E-state index in [4.69, 9.17) is 0 Å². The number of hydrogen-bond acceptors (Lipinski definition) is 5. The van der Waals surface area contributed by atoms with Crippen molar-refractivity contribution >= 4 is 27.4 Å². The minimum absolute atomic E-state index is 0.0378. The number of aryl methyl sites for hydroxylation is 1. The Labute approximate surface area is 171 Å². The molecule has 3 heterocycles. The van der Waals surface area contributed by atoms with Crippen LogP contribution in [0.1, 0.15) is 43.2 Å². The van der Waals surface area contributed by atoms with E-state index in [1.54, 1.807) is 18.3 Å². The Morgan fingerprint density at radius 2 is 1.83 bits per heavy atom. The van der Waals surface area contributed by atoms with Crippen molar-refractivity contribution in [3.63, 3.8) is 0 Å². The lowest BCUT2D eigenvalue weighted by atomic mass is 10.0. The van der Waals surface area contributed by atoms with Gasteiger partial charge < -0.3 is 10.2 Å². The number of aromatic nitrogens is 1. The topological polar surface area (TPSA) is 91.4 Å². The molecule has 0 bridgehead atoms. The average Bonchev–Trinajstić information content (AvgIpc) is 3.02. The van der Waals surface area contributed by atoms with Gasteiger partial charge in [0.2, 0.25) is 15.9 Å². The summed E-state index contributed by atoms with van der Waals surface area (Å²) in [6, 6.07) is 8.64. The molecule has 154 valence electrons. The number of benzene rings is 1. The fourth-order valence-electron chi connectivity index (χ4n) is 3.83. The molecule has 1 aromatic carbocycles. The second kappa shape index (κ2) is 8.51. The summed E-state index contributed by atoms with van der Waals surface area (Å²) < 4.78 is 28.2. The first-order chi connectivity index (χ1) is 14.0. The van der Waals surface area contributed by atoms with E-state index in [0.29, 0.717) is 18.5 Å². The number of rotatable bonds is 5. The van der Waals surface area contributed by atoms with Crippen LogP contribution in [0.15, 0.2) is 41.4 Å². The maximum Gasteiger partial charge on any atom is 0.240 e. The molecular formula is C21H26N4O3S. The summed E-state index contributed by atoms with van der Waals surface area (Å²) in [6.07, 6.45) is 7.50. The summed E-state index contributed by atoms with van der Waals surface area (Å²) in [5.74, 6) is 0.872. The predicted octanol–water partition coefficient (Wildman–Crippen LogP) is 2.83. The van der Waals surface area contributed by atoms with E-state index >= 15 is 0 Å². The molecule has 7 nitrogen and oxygen atoms in total. The van der Waals surface area contributed by atoms with E-state index in [1.807, 2.05) is 12.1 Å². The van der Waals surface area contributed by atoms with Crippen LogP contribution in [-0.2, 0) is 27.8 Å². The molecule has 0 spiro atoms. The summed E-state index contributed by atoms with van der Waals surface area (Å²) in [5.41, 5.74) is 2.42. The predicted molar refractivity (Wildman–Crippen MR) is 112 cm³/mol. The maximum absolute atomic E-state index is 12.8. The van der Waals surface area contributed by atoms with Gasteiger partial charge in [-0.05, 0) is 60.7 Å². The van der Waals surface area contributed by atoms with E-state index < -0.39 is 10.0 Å². The molecule has 2 N–H and O–H groups in total. The molecule has 0 radical (unpaired) electrons. The first-order valence-electron chi connectivity index (χ1n) is 10.1. The third kappa shape index (κ3) is 4.76. The van der Waals surface area contributed by atoms with Gasteiger partial charge in [0.25, 0.3) is 0 Å². The molecule has 1 saturated heterocycles. The molecular weight excluding hydrogens is 388 g/mol. The summed E-state index contributed by atoms with van der Waals surface area (Å²) in [7, 11) is -3.65. The van der Waals surface area contributed by atoms with Crippen molar-refractivity contribution in [2.24, 2.45) is 0 Å². The second-order valence-electron chi connectivity index (χ2n) is 7.62. The Morgan fingerprint density at radius 3 is 2.62 bits per heavy atom. The van der Waals surface area contributed by atoms with E-state index in [0.717, 1.165) is 42.9 Å². The number of nitrogens with one attached hydrogen (secondary N) is 2. The van der Waals surface area contributed by atoms with Gasteiger partial charge in [0.1, 0.15) is 5.82 Å². The Bertz CT molecular complexity index is 999. The quantitative estimate of drug-likeness (QED) is 0.785. The van der Waals surface area contributed by atoms with Gasteiger partial charge in [0.15, 0.2) is 0 Å². The van der Waals surface area contributed by atoms with Gasteiger partial charge in [-0.25, -0.2) is 18.1 Å². The van der Waals surface area contributed by atoms with Gasteiger partial charge >= 0.3 is 0 Å². The lowest BCUT2D eigenvalue weighted by Gasteiger charge is -2.22. The first kappa shape index (κ1) is 19.8. The first-order valence-corrected chi connectivity index (χ1v) is 11.6. The van der Waals surface area contributed by atoms with E-state index in [2.05, 4.69) is 19.9 Å². The lowest BCUT2D eigenvalue weighted by Crippen LogP contribution is -2.26. The smallest absolute Gasteiger partial charge is 0.240 e. The normalized spacial score (nSPS) is 17.4. The number of carbonyl (C=O) groups is 1. The van der Waals surface area contributed by atoms with E-state index in [9.17, 15) is 13.2 Å². The van der Waals surface area contributed by atoms with Crippen molar-refractivity contribution in [2.45, 2.75) is 50.0 Å². The van der Waals surface area contributed by atoms with Crippen LogP contribution in [-0.4, -0.2) is 32.4 Å². The summed E-state index contributed by atoms with van der Waals surface area (Å²) in [5, 5.41) is 2.77. The van der Waals surface area contributed by atoms with Crippen LogP contribution in [0.5, 0.6) is 0 Å². The van der Waals surface area contributed by atoms with Crippen molar-refractivity contribution < 1.29 is 13.2 Å². The molecule has 4 rings (SSSR count). The average molecular weight is 415 g/mol. The van der Waals surface area contributed by atoms with Crippen LogP contribution < -0.4 is 14.9 Å². The largest absolute Gasteiger partial charge is 0.357 e. The zero-order chi connectivity index (χ0) is 20.3. The molecule has 0 saturated carbocycles. The highest BCUT2D eigenvalue weighted by molar-refractivity contribution is 7.89. The van der Waals surface area contributed by atoms with Crippen molar-refractivity contribution in [2.75, 3.05) is 23.3 Å². The number of pyridine rings is 1. The zero-order valence-electron chi connectivity index (χ0n) is 16.4. The molecule has 1 amide bonds. The van der Waals surface area contributed by atoms with Gasteiger partial charge in [-0.15, -0.1) is 0 Å². The SMILES string of the molecule is O=C1CCc2cc(S(=O)(=O)NCc3ccnc(N4CCCCCC4)c3)ccc2N1. The fourth-order valence-corrected chi connectivity index (χ4v) is 4.90. The van der Waals surface area contributed by atoms with E-state index in [1.165, 1.54) is 18.9 Å². The minimum atomic E-state index is -3.65. The molecule has 8 heteroatoms. The molecule has 2 aliphatic heterocycles. The highest BCUT2D eigenvalue weighted by Gasteiger charge is 2.20. The van der Waals surface area contributed by atoms with E-state index in [-0.39, 0.29) is 17.3 Å². The molecule has 0 aliphatic carbocycles. The van der Waals surface area contributed by atoms with Crippen molar-refractivity contribution in [1.29, 1.82) is 0 Å². The number of anilines is 2. The van der Waals surface area contributed by atoms with Gasteiger partial charge in [-0.3, -0.25) is 4.79 Å². The Morgan fingerprint density at radius 1 is 1.03 bits per heavy atom. The zero-order valence-corrected chi connectivity index (χ0v) is 17.2.